The van der Waals surface area contributed by atoms with Crippen LogP contribution in [0.1, 0.15) is 42.4 Å². The number of aryl methyl sites for hydroxylation is 1. The summed E-state index contributed by atoms with van der Waals surface area (Å²) in [5.41, 5.74) is 10.3. The topological polar surface area (TPSA) is 62.7 Å². The van der Waals surface area contributed by atoms with Gasteiger partial charge in [-0.3, -0.25) is 4.90 Å². The number of nitrogens with two attached hydrogens (primary N) is 1. The summed E-state index contributed by atoms with van der Waals surface area (Å²) in [6.45, 7) is 8.34. The SMILES string of the molecule is Cc1cc2oc(=O)c3c(c2cc1N)CCN(CCN1CC2CCC(CC2)C1)C3. The van der Waals surface area contributed by atoms with Gasteiger partial charge < -0.3 is 15.1 Å². The molecule has 0 unspecified atom stereocenters. The highest BCUT2D eigenvalue weighted by Gasteiger charge is 2.30. The lowest BCUT2D eigenvalue weighted by Crippen LogP contribution is -2.40. The van der Waals surface area contributed by atoms with Crippen LogP contribution in [0.5, 0.6) is 0 Å². The molecule has 5 heteroatoms. The molecule has 2 aromatic rings. The molecule has 1 aromatic carbocycles. The van der Waals surface area contributed by atoms with Gasteiger partial charge in [0, 0.05) is 50.3 Å². The minimum absolute atomic E-state index is 0.177. The van der Waals surface area contributed by atoms with E-state index in [1.807, 2.05) is 19.1 Å². The first-order valence-electron chi connectivity index (χ1n) is 10.9. The van der Waals surface area contributed by atoms with Crippen molar-refractivity contribution in [2.24, 2.45) is 11.8 Å². The van der Waals surface area contributed by atoms with Crippen molar-refractivity contribution >= 4 is 16.7 Å². The predicted octanol–water partition coefficient (Wildman–Crippen LogP) is 3.16. The van der Waals surface area contributed by atoms with Crippen molar-refractivity contribution < 1.29 is 4.42 Å². The van der Waals surface area contributed by atoms with E-state index in [0.29, 0.717) is 12.1 Å². The van der Waals surface area contributed by atoms with E-state index >= 15 is 0 Å². The zero-order valence-electron chi connectivity index (χ0n) is 16.9. The fourth-order valence-corrected chi connectivity index (χ4v) is 5.54. The van der Waals surface area contributed by atoms with Gasteiger partial charge in [-0.25, -0.2) is 4.79 Å². The molecular weight excluding hydrogens is 350 g/mol. The third kappa shape index (κ3) is 3.35. The number of nitrogens with zero attached hydrogens (tertiary/aromatic N) is 2. The summed E-state index contributed by atoms with van der Waals surface area (Å²) in [6, 6.07) is 3.88. The average Bonchev–Trinajstić information content (AvgIpc) is 3.01. The van der Waals surface area contributed by atoms with Crippen LogP contribution in [0.25, 0.3) is 11.0 Å². The fraction of sp³-hybridized carbons (Fsp3) is 0.609. The van der Waals surface area contributed by atoms with Crippen LogP contribution in [0.15, 0.2) is 21.3 Å². The predicted molar refractivity (Wildman–Crippen MR) is 113 cm³/mol. The second-order valence-electron chi connectivity index (χ2n) is 9.22. The Morgan fingerprint density at radius 2 is 1.71 bits per heavy atom. The number of nitrogen functional groups attached to an aromatic ring is 1. The van der Waals surface area contributed by atoms with Gasteiger partial charge in [-0.05, 0) is 74.1 Å². The maximum absolute atomic E-state index is 12.6. The third-order valence-electron chi connectivity index (χ3n) is 7.30. The highest BCUT2D eigenvalue weighted by molar-refractivity contribution is 5.86. The zero-order chi connectivity index (χ0) is 19.3. The summed E-state index contributed by atoms with van der Waals surface area (Å²) in [4.78, 5) is 17.7. The minimum Gasteiger partial charge on any atom is -0.422 e. The van der Waals surface area contributed by atoms with Gasteiger partial charge in [0.1, 0.15) is 5.58 Å². The highest BCUT2D eigenvalue weighted by Crippen LogP contribution is 2.34. The van der Waals surface area contributed by atoms with Gasteiger partial charge in [0.25, 0.3) is 0 Å². The quantitative estimate of drug-likeness (QED) is 0.654. The Hall–Kier alpha value is -1.85. The Bertz CT molecular complexity index is 929. The molecule has 0 spiro atoms. The van der Waals surface area contributed by atoms with Crippen LogP contribution < -0.4 is 11.4 Å². The minimum atomic E-state index is -0.177. The molecule has 3 fully saturated rings. The molecule has 1 saturated carbocycles. The number of hydrogen-bond donors (Lipinski definition) is 1. The lowest BCUT2D eigenvalue weighted by molar-refractivity contribution is 0.182. The summed E-state index contributed by atoms with van der Waals surface area (Å²) >= 11 is 0. The molecule has 1 aliphatic carbocycles. The molecule has 2 N–H and O–H groups in total. The maximum atomic E-state index is 12.6. The Kier molecular flexibility index (Phi) is 4.68. The lowest BCUT2D eigenvalue weighted by Gasteiger charge is -2.31. The van der Waals surface area contributed by atoms with Crippen molar-refractivity contribution in [3.8, 4) is 0 Å². The Balaban J connectivity index is 1.32. The molecule has 6 rings (SSSR count). The van der Waals surface area contributed by atoms with Crippen molar-refractivity contribution in [3.63, 3.8) is 0 Å². The Morgan fingerprint density at radius 1 is 1.04 bits per heavy atom. The smallest absolute Gasteiger partial charge is 0.341 e. The molecule has 0 radical (unpaired) electrons. The first kappa shape index (κ1) is 18.2. The van der Waals surface area contributed by atoms with Gasteiger partial charge in [0.05, 0.1) is 5.56 Å². The van der Waals surface area contributed by atoms with Crippen LogP contribution in [0.4, 0.5) is 5.69 Å². The van der Waals surface area contributed by atoms with Gasteiger partial charge in [0.2, 0.25) is 0 Å². The van der Waals surface area contributed by atoms with E-state index in [1.165, 1.54) is 38.8 Å². The average molecular weight is 382 g/mol. The molecule has 0 amide bonds. The molecule has 1 aromatic heterocycles. The van der Waals surface area contributed by atoms with Gasteiger partial charge in [-0.1, -0.05) is 0 Å². The Morgan fingerprint density at radius 3 is 2.43 bits per heavy atom. The van der Waals surface area contributed by atoms with E-state index < -0.39 is 0 Å². The van der Waals surface area contributed by atoms with Crippen LogP contribution in [0, 0.1) is 18.8 Å². The summed E-state index contributed by atoms with van der Waals surface area (Å²) < 4.78 is 5.64. The number of benzene rings is 1. The van der Waals surface area contributed by atoms with Gasteiger partial charge in [0.15, 0.2) is 0 Å². The van der Waals surface area contributed by atoms with Crippen molar-refractivity contribution in [3.05, 3.63) is 39.2 Å². The van der Waals surface area contributed by atoms with Gasteiger partial charge in [-0.2, -0.15) is 0 Å². The number of anilines is 1. The summed E-state index contributed by atoms with van der Waals surface area (Å²) in [5.74, 6) is 1.82. The molecule has 4 aliphatic rings. The molecule has 3 aliphatic heterocycles. The molecule has 2 bridgehead atoms. The largest absolute Gasteiger partial charge is 0.422 e. The number of hydrogen-bond acceptors (Lipinski definition) is 5. The van der Waals surface area contributed by atoms with Crippen molar-refractivity contribution in [1.29, 1.82) is 0 Å². The second-order valence-corrected chi connectivity index (χ2v) is 9.22. The Labute approximate surface area is 166 Å². The maximum Gasteiger partial charge on any atom is 0.341 e. The second kappa shape index (κ2) is 7.20. The lowest BCUT2D eigenvalue weighted by atomic mass is 9.84. The van der Waals surface area contributed by atoms with Crippen molar-refractivity contribution in [2.45, 2.75) is 45.6 Å². The summed E-state index contributed by atoms with van der Waals surface area (Å²) in [5, 5.41) is 1.02. The molecule has 0 atom stereocenters. The number of fused-ring (bicyclic) bond motifs is 7. The molecule has 5 nitrogen and oxygen atoms in total. The van der Waals surface area contributed by atoms with E-state index in [4.69, 9.17) is 10.2 Å². The fourth-order valence-electron chi connectivity index (χ4n) is 5.54. The van der Waals surface area contributed by atoms with E-state index in [2.05, 4.69) is 9.80 Å². The summed E-state index contributed by atoms with van der Waals surface area (Å²) in [7, 11) is 0. The molecule has 4 heterocycles. The molecular formula is C23H31N3O2. The first-order valence-corrected chi connectivity index (χ1v) is 10.9. The monoisotopic (exact) mass is 381 g/mol. The van der Waals surface area contributed by atoms with Gasteiger partial charge >= 0.3 is 5.63 Å². The zero-order valence-corrected chi connectivity index (χ0v) is 16.9. The summed E-state index contributed by atoms with van der Waals surface area (Å²) in [6.07, 6.45) is 6.60. The molecule has 2 saturated heterocycles. The normalized spacial score (nSPS) is 25.8. The van der Waals surface area contributed by atoms with E-state index in [-0.39, 0.29) is 5.63 Å². The standard InChI is InChI=1S/C23H31N3O2/c1-15-10-22-19(11-21(15)24)18-6-7-25(14-20(18)23(27)28-22)8-9-26-12-16-2-3-17(13-26)5-4-16/h10-11,16-17H,2-9,12-14,24H2,1H3. The molecule has 28 heavy (non-hydrogen) atoms. The van der Waals surface area contributed by atoms with Crippen LogP contribution in [0.2, 0.25) is 0 Å². The first-order chi connectivity index (χ1) is 13.6. The van der Waals surface area contributed by atoms with Crippen LogP contribution in [-0.2, 0) is 13.0 Å². The van der Waals surface area contributed by atoms with Crippen LogP contribution >= 0.6 is 0 Å². The van der Waals surface area contributed by atoms with Crippen LogP contribution in [-0.4, -0.2) is 42.5 Å². The van der Waals surface area contributed by atoms with E-state index in [1.54, 1.807) is 0 Å². The van der Waals surface area contributed by atoms with Crippen LogP contribution in [0.3, 0.4) is 0 Å². The third-order valence-corrected chi connectivity index (χ3v) is 7.30. The van der Waals surface area contributed by atoms with Crippen molar-refractivity contribution in [2.75, 3.05) is 38.5 Å². The van der Waals surface area contributed by atoms with E-state index in [9.17, 15) is 4.79 Å². The molecule has 150 valence electrons. The number of rotatable bonds is 3. The van der Waals surface area contributed by atoms with E-state index in [0.717, 1.165) is 65.7 Å². The highest BCUT2D eigenvalue weighted by atomic mass is 16.4. The van der Waals surface area contributed by atoms with Crippen molar-refractivity contribution in [1.82, 2.24) is 9.80 Å². The van der Waals surface area contributed by atoms with Gasteiger partial charge in [-0.15, -0.1) is 0 Å².